The predicted octanol–water partition coefficient (Wildman–Crippen LogP) is 2.41. The molecule has 0 aromatic heterocycles. The molecule has 192 valence electrons. The van der Waals surface area contributed by atoms with Gasteiger partial charge in [-0.2, -0.15) is 21.9 Å². The molecule has 4 rings (SSSR count). The Kier molecular flexibility index (Phi) is 8.56. The van der Waals surface area contributed by atoms with E-state index in [1.807, 2.05) is 0 Å². The molecule has 0 bridgehead atoms. The summed E-state index contributed by atoms with van der Waals surface area (Å²) in [4.78, 5) is 0. The molecular formula is C28H20BF8Na. The summed E-state index contributed by atoms with van der Waals surface area (Å²) in [5, 5.41) is 0. The van der Waals surface area contributed by atoms with Gasteiger partial charge in [0.25, 0.3) is 0 Å². The van der Waals surface area contributed by atoms with Gasteiger partial charge in [-0.1, -0.05) is 24.3 Å². The van der Waals surface area contributed by atoms with Gasteiger partial charge in [0.15, 0.2) is 0 Å². The predicted molar refractivity (Wildman–Crippen MR) is 129 cm³/mol. The Hall–Kier alpha value is -2.62. The van der Waals surface area contributed by atoms with Crippen molar-refractivity contribution < 1.29 is 64.7 Å². The number of hydrogen-bond acceptors (Lipinski definition) is 0. The molecule has 0 heterocycles. The van der Waals surface area contributed by atoms with E-state index < -0.39 is 74.5 Å². The van der Waals surface area contributed by atoms with E-state index in [1.54, 1.807) is 0 Å². The largest absolute Gasteiger partial charge is 1.00 e. The van der Waals surface area contributed by atoms with Crippen molar-refractivity contribution in [3.63, 3.8) is 0 Å². The van der Waals surface area contributed by atoms with Crippen LogP contribution in [-0.2, 0) is 0 Å². The van der Waals surface area contributed by atoms with Crippen molar-refractivity contribution in [2.75, 3.05) is 0 Å². The fraction of sp³-hybridized carbons (Fsp3) is 0.143. The van der Waals surface area contributed by atoms with E-state index >= 15 is 17.6 Å². The van der Waals surface area contributed by atoms with Crippen LogP contribution < -0.4 is 51.4 Å². The van der Waals surface area contributed by atoms with Gasteiger partial charge in [0.05, 0.1) is 23.3 Å². The molecule has 38 heavy (non-hydrogen) atoms. The molecule has 0 saturated carbocycles. The fourth-order valence-electron chi connectivity index (χ4n) is 5.05. The zero-order valence-corrected chi connectivity index (χ0v) is 23.2. The van der Waals surface area contributed by atoms with Crippen molar-refractivity contribution in [2.24, 2.45) is 0 Å². The van der Waals surface area contributed by atoms with Crippen molar-refractivity contribution >= 4 is 28.0 Å². The molecule has 0 amide bonds. The smallest absolute Gasteiger partial charge is 0.210 e. The van der Waals surface area contributed by atoms with Gasteiger partial charge in [0, 0.05) is 24.3 Å². The van der Waals surface area contributed by atoms with Crippen LogP contribution in [0.1, 0.15) is 22.3 Å². The first-order valence-corrected chi connectivity index (χ1v) is 11.3. The van der Waals surface area contributed by atoms with Gasteiger partial charge in [-0.15, -0.1) is 0 Å². The van der Waals surface area contributed by atoms with E-state index in [1.165, 1.54) is 27.7 Å². The maximum atomic E-state index is 15.7. The van der Waals surface area contributed by atoms with E-state index in [4.69, 9.17) is 0 Å². The fourth-order valence-corrected chi connectivity index (χ4v) is 5.05. The average Bonchev–Trinajstić information content (AvgIpc) is 2.81. The quantitative estimate of drug-likeness (QED) is 0.275. The van der Waals surface area contributed by atoms with Crippen LogP contribution in [0.15, 0.2) is 48.5 Å². The van der Waals surface area contributed by atoms with Crippen LogP contribution in [0.2, 0.25) is 0 Å². The zero-order valence-electron chi connectivity index (χ0n) is 21.2. The van der Waals surface area contributed by atoms with Crippen molar-refractivity contribution in [1.29, 1.82) is 0 Å². The second-order valence-electron chi connectivity index (χ2n) is 9.36. The van der Waals surface area contributed by atoms with Gasteiger partial charge < -0.3 is 0 Å². The van der Waals surface area contributed by atoms with Crippen LogP contribution in [0.3, 0.4) is 0 Å². The van der Waals surface area contributed by atoms with Crippen LogP contribution in [-0.4, -0.2) is 6.15 Å². The van der Waals surface area contributed by atoms with Crippen LogP contribution >= 0.6 is 0 Å². The molecule has 10 heteroatoms. The second kappa shape index (κ2) is 10.9. The Morgan fingerprint density at radius 3 is 0.711 bits per heavy atom. The summed E-state index contributed by atoms with van der Waals surface area (Å²) in [6.07, 6.45) is -3.62. The third-order valence-corrected chi connectivity index (χ3v) is 6.98. The average molecular weight is 542 g/mol. The molecule has 4 aromatic rings. The van der Waals surface area contributed by atoms with Crippen LogP contribution in [0.5, 0.6) is 0 Å². The van der Waals surface area contributed by atoms with E-state index in [0.717, 1.165) is 24.3 Å². The first-order chi connectivity index (χ1) is 17.3. The summed E-state index contributed by atoms with van der Waals surface area (Å²) < 4.78 is 120. The number of benzene rings is 4. The van der Waals surface area contributed by atoms with E-state index in [2.05, 4.69) is 0 Å². The molecule has 0 aliphatic heterocycles. The molecule has 0 fully saturated rings. The summed E-state index contributed by atoms with van der Waals surface area (Å²) >= 11 is 0. The van der Waals surface area contributed by atoms with E-state index in [0.29, 0.717) is 24.3 Å². The summed E-state index contributed by atoms with van der Waals surface area (Å²) in [5.41, 5.74) is -2.73. The maximum absolute atomic E-state index is 15.7. The normalized spacial score (nSPS) is 11.5. The van der Waals surface area contributed by atoms with Gasteiger partial charge in [-0.05, 0) is 49.9 Å². The Labute approximate surface area is 236 Å². The topological polar surface area (TPSA) is 0 Å². The summed E-state index contributed by atoms with van der Waals surface area (Å²) in [5.74, 6) is -9.05. The molecular weight excluding hydrogens is 522 g/mol. The molecule has 4 aromatic carbocycles. The molecule has 0 aliphatic rings. The third kappa shape index (κ3) is 4.80. The Balaban J connectivity index is 0.00000400. The molecule has 0 aliphatic carbocycles. The van der Waals surface area contributed by atoms with Crippen molar-refractivity contribution in [2.45, 2.75) is 27.7 Å². The van der Waals surface area contributed by atoms with Crippen LogP contribution in [0.25, 0.3) is 0 Å². The molecule has 0 nitrogen and oxygen atoms in total. The summed E-state index contributed by atoms with van der Waals surface area (Å²) in [7, 11) is 0. The minimum atomic E-state index is -3.62. The maximum Gasteiger partial charge on any atom is 1.00 e. The number of hydrogen-bond donors (Lipinski definition) is 0. The first kappa shape index (κ1) is 29.9. The van der Waals surface area contributed by atoms with Crippen LogP contribution in [0, 0.1) is 74.2 Å². The molecule has 0 saturated heterocycles. The minimum absolute atomic E-state index is 0. The number of aryl methyl sites for hydroxylation is 4. The minimum Gasteiger partial charge on any atom is -0.210 e. The van der Waals surface area contributed by atoms with Gasteiger partial charge in [-0.25, -0.2) is 35.1 Å². The van der Waals surface area contributed by atoms with Gasteiger partial charge >= 0.3 is 29.6 Å². The monoisotopic (exact) mass is 542 g/mol. The van der Waals surface area contributed by atoms with Gasteiger partial charge in [0.1, 0.15) is 29.4 Å². The molecule has 0 spiro atoms. The van der Waals surface area contributed by atoms with Crippen molar-refractivity contribution in [1.82, 2.24) is 0 Å². The first-order valence-electron chi connectivity index (χ1n) is 11.3. The number of rotatable bonds is 4. The zero-order chi connectivity index (χ0) is 27.4. The van der Waals surface area contributed by atoms with Gasteiger partial charge in [-0.3, -0.25) is 0 Å². The standard InChI is InChI=1S/C28H20BF8.Na/c1-13-5-17(25(34)9-21(13)30)29(18-6-14(2)22(31)10-26(18)35,19-7-15(3)23(32)11-27(19)36)20-8-16(4)24(33)12-28(20)37;/h5-12H,1-4H3;/q-1;+1. The Morgan fingerprint density at radius 2 is 0.526 bits per heavy atom. The number of halogens is 8. The second-order valence-corrected chi connectivity index (χ2v) is 9.36. The van der Waals surface area contributed by atoms with Crippen molar-refractivity contribution in [3.05, 3.63) is 117 Å². The van der Waals surface area contributed by atoms with Gasteiger partial charge in [0.2, 0.25) is 0 Å². The SMILES string of the molecule is Cc1cc([B-](c2cc(C)c(F)cc2F)(c2cc(C)c(F)cc2F)c2cc(C)c(F)cc2F)c(F)cc1F.[Na+]. The van der Waals surface area contributed by atoms with E-state index in [9.17, 15) is 17.6 Å². The van der Waals surface area contributed by atoms with E-state index in [-0.39, 0.29) is 51.8 Å². The molecule has 0 radical (unpaired) electrons. The third-order valence-electron chi connectivity index (χ3n) is 6.98. The summed E-state index contributed by atoms with van der Waals surface area (Å²) in [6, 6.07) is 5.82. The molecule has 0 N–H and O–H groups in total. The van der Waals surface area contributed by atoms with Crippen LogP contribution in [0.4, 0.5) is 35.1 Å². The Bertz CT molecular complexity index is 1330. The Morgan fingerprint density at radius 1 is 0.342 bits per heavy atom. The summed E-state index contributed by atoms with van der Waals surface area (Å²) in [6.45, 7) is 5.07. The molecule has 0 unspecified atom stereocenters. The molecule has 0 atom stereocenters. The van der Waals surface area contributed by atoms with Crippen molar-refractivity contribution in [3.8, 4) is 0 Å².